The summed E-state index contributed by atoms with van der Waals surface area (Å²) < 4.78 is 6.42. The first-order valence-electron chi connectivity index (χ1n) is 12.5. The second-order valence-corrected chi connectivity index (χ2v) is 10.4. The highest BCUT2D eigenvalue weighted by atomic mass is 35.5. The van der Waals surface area contributed by atoms with Gasteiger partial charge in [-0.1, -0.05) is 35.9 Å². The predicted octanol–water partition coefficient (Wildman–Crippen LogP) is 6.92. The molecule has 2 aromatic heterocycles. The lowest BCUT2D eigenvalue weighted by Gasteiger charge is -2.26. The van der Waals surface area contributed by atoms with Crippen molar-refractivity contribution < 1.29 is 9.21 Å². The minimum absolute atomic E-state index is 0.0729. The molecule has 3 heterocycles. The fourth-order valence-electron chi connectivity index (χ4n) is 4.78. The van der Waals surface area contributed by atoms with Gasteiger partial charge in [-0.15, -0.1) is 0 Å². The van der Waals surface area contributed by atoms with Crippen LogP contribution in [0.25, 0.3) is 11.3 Å². The first-order chi connectivity index (χ1) is 18.3. The first kappa shape index (κ1) is 25.9. The summed E-state index contributed by atoms with van der Waals surface area (Å²) in [4.78, 5) is 19.5. The van der Waals surface area contributed by atoms with Gasteiger partial charge in [0.2, 0.25) is 5.91 Å². The number of pyridine rings is 1. The Morgan fingerprint density at radius 1 is 1.08 bits per heavy atom. The lowest BCUT2D eigenvalue weighted by molar-refractivity contribution is -0.116. The number of carbonyl (C=O) groups is 1. The van der Waals surface area contributed by atoms with E-state index in [0.717, 1.165) is 45.2 Å². The van der Waals surface area contributed by atoms with Crippen LogP contribution in [0.2, 0.25) is 5.02 Å². The van der Waals surface area contributed by atoms with Crippen molar-refractivity contribution >= 4 is 40.5 Å². The van der Waals surface area contributed by atoms with Crippen LogP contribution >= 0.6 is 23.8 Å². The number of hydrogen-bond donors (Lipinski definition) is 2. The largest absolute Gasteiger partial charge is 0.459 e. The van der Waals surface area contributed by atoms with Gasteiger partial charge in [0.25, 0.3) is 0 Å². The number of carbonyl (C=O) groups excluding carboxylic acids is 1. The molecule has 6 nitrogen and oxygen atoms in total. The van der Waals surface area contributed by atoms with Crippen LogP contribution in [-0.2, 0) is 4.79 Å². The summed E-state index contributed by atoms with van der Waals surface area (Å²) in [6, 6.07) is 21.0. The minimum Gasteiger partial charge on any atom is -0.459 e. The molecule has 1 saturated heterocycles. The molecule has 0 saturated carbocycles. The van der Waals surface area contributed by atoms with E-state index in [1.165, 1.54) is 0 Å². The van der Waals surface area contributed by atoms with E-state index in [1.54, 1.807) is 6.20 Å². The van der Waals surface area contributed by atoms with Gasteiger partial charge in [-0.2, -0.15) is 0 Å². The van der Waals surface area contributed by atoms with Crippen LogP contribution in [0.5, 0.6) is 0 Å². The van der Waals surface area contributed by atoms with Crippen LogP contribution < -0.4 is 10.6 Å². The van der Waals surface area contributed by atoms with Gasteiger partial charge in [-0.05, 0) is 92.1 Å². The van der Waals surface area contributed by atoms with E-state index >= 15 is 0 Å². The Morgan fingerprint density at radius 2 is 1.89 bits per heavy atom. The second kappa shape index (κ2) is 11.0. The molecular formula is C30H29ClN4O2S. The van der Waals surface area contributed by atoms with E-state index in [9.17, 15) is 4.79 Å². The molecule has 0 bridgehead atoms. The molecule has 1 aliphatic heterocycles. The van der Waals surface area contributed by atoms with E-state index in [0.29, 0.717) is 16.7 Å². The molecule has 0 radical (unpaired) electrons. The topological polar surface area (TPSA) is 70.4 Å². The molecule has 2 N–H and O–H groups in total. The number of rotatable bonds is 7. The third-order valence-electron chi connectivity index (χ3n) is 6.83. The van der Waals surface area contributed by atoms with E-state index < -0.39 is 0 Å². The van der Waals surface area contributed by atoms with Gasteiger partial charge in [0.05, 0.1) is 11.7 Å². The van der Waals surface area contributed by atoms with E-state index in [-0.39, 0.29) is 24.4 Å². The van der Waals surface area contributed by atoms with Crippen LogP contribution in [0.3, 0.4) is 0 Å². The number of nitrogens with zero attached hydrogens (tertiary/aromatic N) is 2. The molecule has 2 aromatic carbocycles. The molecule has 1 amide bonds. The van der Waals surface area contributed by atoms with Crippen molar-refractivity contribution in [1.29, 1.82) is 0 Å². The Kier molecular flexibility index (Phi) is 7.49. The zero-order chi connectivity index (χ0) is 26.8. The number of anilines is 1. The molecule has 4 aromatic rings. The summed E-state index contributed by atoms with van der Waals surface area (Å²) in [5, 5.41) is 7.66. The number of halogens is 1. The van der Waals surface area contributed by atoms with E-state index in [1.807, 2.05) is 92.4 Å². The number of hydrogen-bond acceptors (Lipinski definition) is 4. The highest BCUT2D eigenvalue weighted by Crippen LogP contribution is 2.41. The third-order valence-corrected chi connectivity index (χ3v) is 7.42. The number of furan rings is 1. The summed E-state index contributed by atoms with van der Waals surface area (Å²) in [5.41, 5.74) is 5.79. The molecule has 0 unspecified atom stereocenters. The summed E-state index contributed by atoms with van der Waals surface area (Å²) in [6.07, 6.45) is 2.03. The smallest absolute Gasteiger partial charge is 0.226 e. The Bertz CT molecular complexity index is 1490. The Labute approximate surface area is 233 Å². The summed E-state index contributed by atoms with van der Waals surface area (Å²) >= 11 is 12.0. The van der Waals surface area contributed by atoms with Crippen LogP contribution in [0.15, 0.2) is 77.3 Å². The Hall–Kier alpha value is -3.68. The first-order valence-corrected chi connectivity index (χ1v) is 13.3. The normalized spacial score (nSPS) is 16.9. The zero-order valence-electron chi connectivity index (χ0n) is 21.5. The van der Waals surface area contributed by atoms with Crippen molar-refractivity contribution in [1.82, 2.24) is 15.2 Å². The van der Waals surface area contributed by atoms with Crippen LogP contribution in [-0.4, -0.2) is 27.4 Å². The lowest BCUT2D eigenvalue weighted by atomic mass is 10.0. The summed E-state index contributed by atoms with van der Waals surface area (Å²) in [5.74, 6) is 1.39. The number of benzene rings is 2. The molecule has 2 atom stereocenters. The van der Waals surface area contributed by atoms with Gasteiger partial charge in [0.1, 0.15) is 17.6 Å². The maximum atomic E-state index is 12.9. The van der Waals surface area contributed by atoms with Crippen molar-refractivity contribution in [2.45, 2.75) is 39.3 Å². The SMILES string of the molecule is Cc1ccc(C)c(NC(=O)CCN2C(=S)N[C@H](c3ccccn3)[C@@H]2c2ccc(-c3cc(Cl)ccc3C)o2)c1. The molecular weight excluding hydrogens is 516 g/mol. The monoisotopic (exact) mass is 544 g/mol. The molecule has 38 heavy (non-hydrogen) atoms. The molecule has 5 rings (SSSR count). The van der Waals surface area contributed by atoms with Gasteiger partial charge in [-0.25, -0.2) is 0 Å². The standard InChI is InChI=1S/C30H29ClN4O2S/c1-18-7-8-20(3)24(16-18)33-27(36)13-15-35-29(28(34-30(35)38)23-6-4-5-14-32-23)26-12-11-25(37-26)22-17-21(31)10-9-19(22)2/h4-12,14,16-17,28-29H,13,15H2,1-3H3,(H,33,36)(H,34,38)/t28-,29+/m1/s1. The van der Waals surface area contributed by atoms with Crippen molar-refractivity contribution in [2.75, 3.05) is 11.9 Å². The summed E-state index contributed by atoms with van der Waals surface area (Å²) in [7, 11) is 0. The average Bonchev–Trinajstić information content (AvgIpc) is 3.51. The van der Waals surface area contributed by atoms with E-state index in [2.05, 4.69) is 15.6 Å². The third kappa shape index (κ3) is 5.44. The maximum Gasteiger partial charge on any atom is 0.226 e. The number of nitrogens with one attached hydrogen (secondary N) is 2. The number of aryl methyl sites for hydroxylation is 3. The highest BCUT2D eigenvalue weighted by molar-refractivity contribution is 7.80. The number of amides is 1. The number of aromatic nitrogens is 1. The van der Waals surface area contributed by atoms with Crippen molar-refractivity contribution in [2.24, 2.45) is 0 Å². The molecule has 8 heteroatoms. The maximum absolute atomic E-state index is 12.9. The van der Waals surface area contributed by atoms with Crippen LogP contribution in [0.1, 0.15) is 46.6 Å². The fraction of sp³-hybridized carbons (Fsp3) is 0.233. The van der Waals surface area contributed by atoms with Gasteiger partial charge in [0.15, 0.2) is 5.11 Å². The number of thiocarbonyl (C=S) groups is 1. The lowest BCUT2D eigenvalue weighted by Crippen LogP contribution is -2.32. The minimum atomic E-state index is -0.279. The molecule has 0 aliphatic carbocycles. The highest BCUT2D eigenvalue weighted by Gasteiger charge is 2.41. The van der Waals surface area contributed by atoms with Gasteiger partial charge >= 0.3 is 0 Å². The quantitative estimate of drug-likeness (QED) is 0.246. The van der Waals surface area contributed by atoms with Crippen molar-refractivity contribution in [3.8, 4) is 11.3 Å². The van der Waals surface area contributed by atoms with Gasteiger partial charge in [-0.3, -0.25) is 9.78 Å². The Morgan fingerprint density at radius 3 is 2.68 bits per heavy atom. The average molecular weight is 545 g/mol. The predicted molar refractivity (Wildman–Crippen MR) is 155 cm³/mol. The fourth-order valence-corrected chi connectivity index (χ4v) is 5.28. The van der Waals surface area contributed by atoms with Gasteiger partial charge < -0.3 is 20.0 Å². The molecule has 1 fully saturated rings. The molecule has 0 spiro atoms. The Balaban J connectivity index is 1.42. The van der Waals surface area contributed by atoms with E-state index in [4.69, 9.17) is 28.2 Å². The zero-order valence-corrected chi connectivity index (χ0v) is 23.1. The molecule has 194 valence electrons. The van der Waals surface area contributed by atoms with Gasteiger partial charge in [0, 0.05) is 35.4 Å². The van der Waals surface area contributed by atoms with Crippen molar-refractivity contribution in [3.63, 3.8) is 0 Å². The molecule has 1 aliphatic rings. The van der Waals surface area contributed by atoms with Crippen LogP contribution in [0.4, 0.5) is 5.69 Å². The van der Waals surface area contributed by atoms with Crippen molar-refractivity contribution in [3.05, 3.63) is 106 Å². The summed E-state index contributed by atoms with van der Waals surface area (Å²) in [6.45, 7) is 6.44. The van der Waals surface area contributed by atoms with Crippen LogP contribution in [0, 0.1) is 20.8 Å². The second-order valence-electron chi connectivity index (χ2n) is 9.60.